The van der Waals surface area contributed by atoms with Gasteiger partial charge in [0.05, 0.1) is 0 Å². The van der Waals surface area contributed by atoms with E-state index >= 15 is 0 Å². The summed E-state index contributed by atoms with van der Waals surface area (Å²) in [7, 11) is 0. The van der Waals surface area contributed by atoms with Crippen molar-refractivity contribution in [3.05, 3.63) is 0 Å². The Labute approximate surface area is 92.5 Å². The molecule has 0 saturated carbocycles. The second-order valence-corrected chi connectivity index (χ2v) is 4.72. The molecule has 0 rings (SSSR count). The molecular formula is C14H32. The van der Waals surface area contributed by atoms with Crippen LogP contribution in [0.25, 0.3) is 0 Å². The molecule has 14 heavy (non-hydrogen) atoms. The molecule has 0 heteroatoms. The zero-order valence-electron chi connectivity index (χ0n) is 11.4. The van der Waals surface area contributed by atoms with Gasteiger partial charge in [0.2, 0.25) is 0 Å². The molecule has 0 saturated heterocycles. The lowest BCUT2D eigenvalue weighted by molar-refractivity contribution is 0.389. The van der Waals surface area contributed by atoms with Crippen LogP contribution >= 0.6 is 0 Å². The summed E-state index contributed by atoms with van der Waals surface area (Å²) < 4.78 is 0. The number of hydrogen-bond acceptors (Lipinski definition) is 0. The summed E-state index contributed by atoms with van der Waals surface area (Å²) in [6, 6.07) is 0. The Morgan fingerprint density at radius 1 is 0.714 bits per heavy atom. The largest absolute Gasteiger partial charge is 0.0654 e. The van der Waals surface area contributed by atoms with Crippen LogP contribution in [0.3, 0.4) is 0 Å². The van der Waals surface area contributed by atoms with Gasteiger partial charge in [0.1, 0.15) is 0 Å². The summed E-state index contributed by atoms with van der Waals surface area (Å²) in [5.41, 5.74) is 0. The fourth-order valence-electron chi connectivity index (χ4n) is 1.29. The van der Waals surface area contributed by atoms with Gasteiger partial charge in [-0.25, -0.2) is 0 Å². The zero-order chi connectivity index (χ0) is 11.4. The first-order chi connectivity index (χ1) is 6.59. The summed E-state index contributed by atoms with van der Waals surface area (Å²) in [5.74, 6) is 1.79. The Hall–Kier alpha value is 0. The van der Waals surface area contributed by atoms with Crippen LogP contribution in [0.1, 0.15) is 80.1 Å². The van der Waals surface area contributed by atoms with Crippen molar-refractivity contribution in [2.24, 2.45) is 11.8 Å². The molecule has 0 amide bonds. The lowest BCUT2D eigenvalue weighted by Gasteiger charge is -2.12. The van der Waals surface area contributed by atoms with Gasteiger partial charge in [0.25, 0.3) is 0 Å². The summed E-state index contributed by atoms with van der Waals surface area (Å²) in [5, 5.41) is 0. The smallest absolute Gasteiger partial charge is 0.0420 e. The molecule has 88 valence electrons. The van der Waals surface area contributed by atoms with E-state index in [0.29, 0.717) is 0 Å². The van der Waals surface area contributed by atoms with E-state index in [0.717, 1.165) is 11.8 Å². The Morgan fingerprint density at radius 3 is 1.29 bits per heavy atom. The second kappa shape index (κ2) is 13.0. The minimum atomic E-state index is 0.870. The van der Waals surface area contributed by atoms with E-state index in [2.05, 4.69) is 41.5 Å². The predicted molar refractivity (Wildman–Crippen MR) is 68.7 cm³/mol. The Bertz CT molecular complexity index is 80.0. The molecule has 0 heterocycles. The maximum absolute atomic E-state index is 2.33. The minimum Gasteiger partial charge on any atom is -0.0654 e. The quantitative estimate of drug-likeness (QED) is 0.485. The third-order valence-corrected chi connectivity index (χ3v) is 2.84. The third kappa shape index (κ3) is 14.5. The van der Waals surface area contributed by atoms with E-state index in [1.807, 2.05) is 0 Å². The van der Waals surface area contributed by atoms with Crippen LogP contribution in [0.2, 0.25) is 0 Å². The molecule has 0 aromatic rings. The molecule has 1 atom stereocenters. The highest BCUT2D eigenvalue weighted by Gasteiger charge is 2.03. The lowest BCUT2D eigenvalue weighted by atomic mass is 9.94. The van der Waals surface area contributed by atoms with Gasteiger partial charge in [-0.05, 0) is 11.8 Å². The molecule has 0 fully saturated rings. The normalized spacial score (nSPS) is 12.2. The van der Waals surface area contributed by atoms with Crippen molar-refractivity contribution in [2.45, 2.75) is 80.1 Å². The van der Waals surface area contributed by atoms with Gasteiger partial charge in [-0.15, -0.1) is 0 Å². The van der Waals surface area contributed by atoms with Crippen LogP contribution in [0.15, 0.2) is 0 Å². The fraction of sp³-hybridized carbons (Fsp3) is 1.00. The maximum Gasteiger partial charge on any atom is -0.0420 e. The van der Waals surface area contributed by atoms with Gasteiger partial charge in [0, 0.05) is 0 Å². The summed E-state index contributed by atoms with van der Waals surface area (Å²) in [6.45, 7) is 13.6. The fourth-order valence-corrected chi connectivity index (χ4v) is 1.29. The van der Waals surface area contributed by atoms with E-state index in [1.165, 1.54) is 38.5 Å². The summed E-state index contributed by atoms with van der Waals surface area (Å²) in [6.07, 6.45) is 8.26. The molecule has 0 spiro atoms. The highest BCUT2D eigenvalue weighted by atomic mass is 14.1. The Morgan fingerprint density at radius 2 is 1.14 bits per heavy atom. The number of hydrogen-bond donors (Lipinski definition) is 0. The molecular weight excluding hydrogens is 168 g/mol. The van der Waals surface area contributed by atoms with Gasteiger partial charge < -0.3 is 0 Å². The lowest BCUT2D eigenvalue weighted by Crippen LogP contribution is -2.02. The molecule has 0 aliphatic carbocycles. The molecule has 1 unspecified atom stereocenters. The summed E-state index contributed by atoms with van der Waals surface area (Å²) in [4.78, 5) is 0. The molecule has 0 bridgehead atoms. The molecule has 0 aliphatic rings. The standard InChI is InChI=1S/C8H18.C6H14/c1-5-6-8(4)7(2)3;1-3-5-6-4-2/h7-8H,5-6H2,1-4H3;3-6H2,1-2H3. The molecule has 0 aliphatic heterocycles. The van der Waals surface area contributed by atoms with Crippen molar-refractivity contribution >= 4 is 0 Å². The van der Waals surface area contributed by atoms with E-state index in [-0.39, 0.29) is 0 Å². The Balaban J connectivity index is 0. The van der Waals surface area contributed by atoms with E-state index in [4.69, 9.17) is 0 Å². The van der Waals surface area contributed by atoms with Crippen molar-refractivity contribution in [1.29, 1.82) is 0 Å². The number of unbranched alkanes of at least 4 members (excludes halogenated alkanes) is 3. The SMILES string of the molecule is CCCC(C)C(C)C.CCCCCC. The average Bonchev–Trinajstić information content (AvgIpc) is 2.16. The highest BCUT2D eigenvalue weighted by Crippen LogP contribution is 2.14. The van der Waals surface area contributed by atoms with Gasteiger partial charge in [0.15, 0.2) is 0 Å². The first kappa shape index (κ1) is 16.4. The topological polar surface area (TPSA) is 0 Å². The molecule has 0 radical (unpaired) electrons. The van der Waals surface area contributed by atoms with Gasteiger partial charge in [-0.1, -0.05) is 80.1 Å². The van der Waals surface area contributed by atoms with Crippen molar-refractivity contribution in [2.75, 3.05) is 0 Å². The molecule has 0 aromatic carbocycles. The van der Waals surface area contributed by atoms with Crippen molar-refractivity contribution in [3.8, 4) is 0 Å². The Kier molecular flexibility index (Phi) is 15.3. The van der Waals surface area contributed by atoms with Gasteiger partial charge in [-0.3, -0.25) is 0 Å². The maximum atomic E-state index is 2.33. The van der Waals surface area contributed by atoms with E-state index in [1.54, 1.807) is 0 Å². The van der Waals surface area contributed by atoms with Crippen LogP contribution in [0.5, 0.6) is 0 Å². The van der Waals surface area contributed by atoms with Crippen molar-refractivity contribution in [3.63, 3.8) is 0 Å². The summed E-state index contributed by atoms with van der Waals surface area (Å²) >= 11 is 0. The van der Waals surface area contributed by atoms with Gasteiger partial charge in [-0.2, -0.15) is 0 Å². The third-order valence-electron chi connectivity index (χ3n) is 2.84. The monoisotopic (exact) mass is 200 g/mol. The first-order valence-corrected chi connectivity index (χ1v) is 6.59. The van der Waals surface area contributed by atoms with Gasteiger partial charge >= 0.3 is 0 Å². The van der Waals surface area contributed by atoms with Crippen LogP contribution in [0, 0.1) is 11.8 Å². The highest BCUT2D eigenvalue weighted by molar-refractivity contribution is 4.54. The molecule has 0 nitrogen and oxygen atoms in total. The average molecular weight is 200 g/mol. The zero-order valence-corrected chi connectivity index (χ0v) is 11.4. The van der Waals surface area contributed by atoms with Crippen LogP contribution in [-0.2, 0) is 0 Å². The van der Waals surface area contributed by atoms with Crippen LogP contribution in [0.4, 0.5) is 0 Å². The predicted octanol–water partition coefficient (Wildman–Crippen LogP) is 5.67. The van der Waals surface area contributed by atoms with Crippen LogP contribution in [-0.4, -0.2) is 0 Å². The van der Waals surface area contributed by atoms with Crippen molar-refractivity contribution in [1.82, 2.24) is 0 Å². The number of rotatable bonds is 6. The minimum absolute atomic E-state index is 0.870. The molecule has 0 N–H and O–H groups in total. The van der Waals surface area contributed by atoms with E-state index < -0.39 is 0 Å². The van der Waals surface area contributed by atoms with Crippen molar-refractivity contribution < 1.29 is 0 Å². The molecule has 0 aromatic heterocycles. The second-order valence-electron chi connectivity index (χ2n) is 4.72. The first-order valence-electron chi connectivity index (χ1n) is 6.59. The van der Waals surface area contributed by atoms with Crippen LogP contribution < -0.4 is 0 Å². The van der Waals surface area contributed by atoms with E-state index in [9.17, 15) is 0 Å².